The van der Waals surface area contributed by atoms with E-state index in [0.29, 0.717) is 12.1 Å². The molecule has 2 N–H and O–H groups in total. The Morgan fingerprint density at radius 3 is 2.71 bits per heavy atom. The first-order valence-corrected chi connectivity index (χ1v) is 8.21. The highest BCUT2D eigenvalue weighted by atomic mass is 15.2. The molecule has 0 aromatic heterocycles. The number of rotatable bonds is 2. The molecule has 0 aliphatic carbocycles. The molecule has 0 unspecified atom stereocenters. The van der Waals surface area contributed by atoms with Crippen molar-refractivity contribution < 1.29 is 0 Å². The summed E-state index contributed by atoms with van der Waals surface area (Å²) in [4.78, 5) is 5.04. The Hall–Kier alpha value is -1.26. The van der Waals surface area contributed by atoms with E-state index in [1.165, 1.54) is 16.9 Å². The molecular formula is C17H28N4. The molecule has 3 rings (SSSR count). The van der Waals surface area contributed by atoms with Crippen molar-refractivity contribution in [3.8, 4) is 0 Å². The van der Waals surface area contributed by atoms with E-state index in [1.54, 1.807) is 0 Å². The van der Waals surface area contributed by atoms with Gasteiger partial charge in [-0.1, -0.05) is 0 Å². The second-order valence-corrected chi connectivity index (χ2v) is 6.52. The Kier molecular flexibility index (Phi) is 4.36. The third-order valence-electron chi connectivity index (χ3n) is 4.72. The van der Waals surface area contributed by atoms with Crippen molar-refractivity contribution in [3.05, 3.63) is 23.8 Å². The molecule has 4 heteroatoms. The molecule has 116 valence electrons. The SMILES string of the molecule is Cc1cc(N2CCNC[C@H]2C)ccc1N1CCN[C@@H](C)C1. The molecule has 2 saturated heterocycles. The van der Waals surface area contributed by atoms with Gasteiger partial charge in [0, 0.05) is 62.7 Å². The van der Waals surface area contributed by atoms with Gasteiger partial charge in [-0.3, -0.25) is 0 Å². The van der Waals surface area contributed by atoms with Crippen molar-refractivity contribution >= 4 is 11.4 Å². The summed E-state index contributed by atoms with van der Waals surface area (Å²) in [6.07, 6.45) is 0. The molecule has 21 heavy (non-hydrogen) atoms. The van der Waals surface area contributed by atoms with Crippen molar-refractivity contribution in [2.45, 2.75) is 32.9 Å². The number of anilines is 2. The number of nitrogens with zero attached hydrogens (tertiary/aromatic N) is 2. The van der Waals surface area contributed by atoms with E-state index in [2.05, 4.69) is 59.4 Å². The Labute approximate surface area is 128 Å². The first kappa shape index (κ1) is 14.7. The van der Waals surface area contributed by atoms with Crippen LogP contribution in [-0.4, -0.2) is 51.4 Å². The zero-order valence-corrected chi connectivity index (χ0v) is 13.5. The third kappa shape index (κ3) is 3.16. The van der Waals surface area contributed by atoms with Gasteiger partial charge in [0.05, 0.1) is 0 Å². The van der Waals surface area contributed by atoms with E-state index in [9.17, 15) is 0 Å². The van der Waals surface area contributed by atoms with E-state index in [4.69, 9.17) is 0 Å². The number of nitrogens with one attached hydrogen (secondary N) is 2. The topological polar surface area (TPSA) is 30.5 Å². The number of benzene rings is 1. The molecule has 1 aromatic carbocycles. The molecule has 2 fully saturated rings. The molecular weight excluding hydrogens is 260 g/mol. The molecule has 4 nitrogen and oxygen atoms in total. The van der Waals surface area contributed by atoms with Crippen LogP contribution < -0.4 is 20.4 Å². The van der Waals surface area contributed by atoms with Crippen LogP contribution in [-0.2, 0) is 0 Å². The van der Waals surface area contributed by atoms with Crippen LogP contribution in [0.5, 0.6) is 0 Å². The summed E-state index contributed by atoms with van der Waals surface area (Å²) in [6, 6.07) is 8.13. The molecule has 0 saturated carbocycles. The molecule has 2 aliphatic rings. The molecule has 0 radical (unpaired) electrons. The standard InChI is InChI=1S/C17H28N4/c1-13-10-16(21-9-6-18-11-15(21)3)4-5-17(13)20-8-7-19-14(2)12-20/h4-5,10,14-15,18-19H,6-9,11-12H2,1-3H3/t14-,15+/m0/s1. The highest BCUT2D eigenvalue weighted by molar-refractivity contribution is 5.62. The van der Waals surface area contributed by atoms with Crippen LogP contribution in [0, 0.1) is 6.92 Å². The summed E-state index contributed by atoms with van der Waals surface area (Å²) in [6.45, 7) is 13.4. The van der Waals surface area contributed by atoms with Crippen LogP contribution >= 0.6 is 0 Å². The van der Waals surface area contributed by atoms with Crippen molar-refractivity contribution in [1.82, 2.24) is 10.6 Å². The van der Waals surface area contributed by atoms with E-state index < -0.39 is 0 Å². The van der Waals surface area contributed by atoms with Gasteiger partial charge in [-0.05, 0) is 44.5 Å². The maximum Gasteiger partial charge on any atom is 0.0398 e. The van der Waals surface area contributed by atoms with E-state index in [1.807, 2.05) is 0 Å². The monoisotopic (exact) mass is 288 g/mol. The Morgan fingerprint density at radius 2 is 2.00 bits per heavy atom. The lowest BCUT2D eigenvalue weighted by molar-refractivity contribution is 0.484. The average Bonchev–Trinajstić information content (AvgIpc) is 2.47. The fourth-order valence-corrected chi connectivity index (χ4v) is 3.55. The molecule has 0 spiro atoms. The fourth-order valence-electron chi connectivity index (χ4n) is 3.55. The number of hydrogen-bond acceptors (Lipinski definition) is 4. The average molecular weight is 288 g/mol. The van der Waals surface area contributed by atoms with Gasteiger partial charge in [0.2, 0.25) is 0 Å². The summed E-state index contributed by atoms with van der Waals surface area (Å²) in [5, 5.41) is 6.97. The van der Waals surface area contributed by atoms with E-state index >= 15 is 0 Å². The van der Waals surface area contributed by atoms with Crippen LogP contribution in [0.15, 0.2) is 18.2 Å². The number of hydrogen-bond donors (Lipinski definition) is 2. The third-order valence-corrected chi connectivity index (χ3v) is 4.72. The van der Waals surface area contributed by atoms with Gasteiger partial charge in [0.1, 0.15) is 0 Å². The molecule has 2 aliphatic heterocycles. The van der Waals surface area contributed by atoms with Crippen LogP contribution in [0.2, 0.25) is 0 Å². The molecule has 2 heterocycles. The number of piperazine rings is 2. The zero-order chi connectivity index (χ0) is 14.8. The molecule has 0 bridgehead atoms. The van der Waals surface area contributed by atoms with Gasteiger partial charge in [0.15, 0.2) is 0 Å². The van der Waals surface area contributed by atoms with Crippen molar-refractivity contribution in [2.75, 3.05) is 49.1 Å². The highest BCUT2D eigenvalue weighted by Crippen LogP contribution is 2.27. The van der Waals surface area contributed by atoms with Crippen molar-refractivity contribution in [1.29, 1.82) is 0 Å². The quantitative estimate of drug-likeness (QED) is 0.865. The lowest BCUT2D eigenvalue weighted by Crippen LogP contribution is -2.50. The summed E-state index contributed by atoms with van der Waals surface area (Å²) < 4.78 is 0. The van der Waals surface area contributed by atoms with Crippen molar-refractivity contribution in [3.63, 3.8) is 0 Å². The van der Waals surface area contributed by atoms with Gasteiger partial charge in [-0.2, -0.15) is 0 Å². The predicted octanol–water partition coefficient (Wildman–Crippen LogP) is 1.59. The van der Waals surface area contributed by atoms with Gasteiger partial charge in [-0.15, -0.1) is 0 Å². The largest absolute Gasteiger partial charge is 0.368 e. The summed E-state index contributed by atoms with van der Waals surface area (Å²) in [5.74, 6) is 0. The van der Waals surface area contributed by atoms with Gasteiger partial charge in [-0.25, -0.2) is 0 Å². The molecule has 2 atom stereocenters. The lowest BCUT2D eigenvalue weighted by Gasteiger charge is -2.37. The van der Waals surface area contributed by atoms with Crippen LogP contribution in [0.3, 0.4) is 0 Å². The first-order chi connectivity index (χ1) is 10.1. The first-order valence-electron chi connectivity index (χ1n) is 8.21. The normalized spacial score (nSPS) is 27.0. The van der Waals surface area contributed by atoms with Crippen LogP contribution in [0.4, 0.5) is 11.4 Å². The van der Waals surface area contributed by atoms with E-state index in [-0.39, 0.29) is 0 Å². The predicted molar refractivity (Wildman–Crippen MR) is 90.5 cm³/mol. The minimum atomic E-state index is 0.572. The maximum absolute atomic E-state index is 3.51. The minimum absolute atomic E-state index is 0.572. The Balaban J connectivity index is 1.79. The molecule has 0 amide bonds. The fraction of sp³-hybridized carbons (Fsp3) is 0.647. The smallest absolute Gasteiger partial charge is 0.0398 e. The summed E-state index contributed by atoms with van der Waals surface area (Å²) in [7, 11) is 0. The van der Waals surface area contributed by atoms with Gasteiger partial charge >= 0.3 is 0 Å². The van der Waals surface area contributed by atoms with Crippen LogP contribution in [0.1, 0.15) is 19.4 Å². The van der Waals surface area contributed by atoms with Gasteiger partial charge < -0.3 is 20.4 Å². The maximum atomic E-state index is 3.51. The van der Waals surface area contributed by atoms with Gasteiger partial charge in [0.25, 0.3) is 0 Å². The summed E-state index contributed by atoms with van der Waals surface area (Å²) >= 11 is 0. The Morgan fingerprint density at radius 1 is 1.14 bits per heavy atom. The molecule has 1 aromatic rings. The summed E-state index contributed by atoms with van der Waals surface area (Å²) in [5.41, 5.74) is 4.16. The number of aryl methyl sites for hydroxylation is 1. The minimum Gasteiger partial charge on any atom is -0.368 e. The van der Waals surface area contributed by atoms with Crippen LogP contribution in [0.25, 0.3) is 0 Å². The second kappa shape index (κ2) is 6.24. The lowest BCUT2D eigenvalue weighted by atomic mass is 10.1. The Bertz CT molecular complexity index is 488. The van der Waals surface area contributed by atoms with E-state index in [0.717, 1.165) is 39.3 Å². The highest BCUT2D eigenvalue weighted by Gasteiger charge is 2.21. The zero-order valence-electron chi connectivity index (χ0n) is 13.5. The van der Waals surface area contributed by atoms with Crippen molar-refractivity contribution in [2.24, 2.45) is 0 Å². The second-order valence-electron chi connectivity index (χ2n) is 6.52.